The van der Waals surface area contributed by atoms with E-state index in [1.807, 2.05) is 0 Å². The number of rotatable bonds is 3. The number of nitrogens with zero attached hydrogens (tertiary/aromatic N) is 2. The van der Waals surface area contributed by atoms with Crippen LogP contribution in [0.25, 0.3) is 10.9 Å². The maximum absolute atomic E-state index is 12.7. The monoisotopic (exact) mass is 323 g/mol. The Morgan fingerprint density at radius 3 is 3.05 bits per heavy atom. The first-order chi connectivity index (χ1) is 10.1. The summed E-state index contributed by atoms with van der Waals surface area (Å²) in [5.74, 6) is 0. The molecule has 0 spiro atoms. The molecule has 4 nitrogen and oxygen atoms in total. The molecule has 1 N–H and O–H groups in total. The first-order valence-corrected chi connectivity index (χ1v) is 8.05. The molecule has 1 aliphatic rings. The number of fused-ring (bicyclic) bond motifs is 1. The van der Waals surface area contributed by atoms with Gasteiger partial charge in [-0.2, -0.15) is 0 Å². The third-order valence-corrected chi connectivity index (χ3v) is 4.80. The van der Waals surface area contributed by atoms with Gasteiger partial charge in [-0.3, -0.25) is 14.3 Å². The molecule has 1 aromatic carbocycles. The lowest BCUT2D eigenvalue weighted by atomic mass is 10.2. The molecule has 1 fully saturated rings. The minimum absolute atomic E-state index is 0.0339. The second-order valence-electron chi connectivity index (χ2n) is 5.46. The lowest BCUT2D eigenvalue weighted by Crippen LogP contribution is -2.36. The number of likely N-dealkylation sites (tertiary alicyclic amines) is 1. The van der Waals surface area contributed by atoms with E-state index in [0.29, 0.717) is 33.3 Å². The summed E-state index contributed by atoms with van der Waals surface area (Å²) in [6, 6.07) is 5.63. The highest BCUT2D eigenvalue weighted by Gasteiger charge is 2.24. The van der Waals surface area contributed by atoms with E-state index in [9.17, 15) is 4.79 Å². The number of halogens is 1. The molecule has 2 aromatic rings. The summed E-state index contributed by atoms with van der Waals surface area (Å²) in [5, 5.41) is 1.23. The Morgan fingerprint density at radius 1 is 1.48 bits per heavy atom. The zero-order valence-corrected chi connectivity index (χ0v) is 13.5. The lowest BCUT2D eigenvalue weighted by Gasteiger charge is -2.23. The second kappa shape index (κ2) is 5.91. The van der Waals surface area contributed by atoms with E-state index in [4.69, 9.17) is 23.8 Å². The maximum Gasteiger partial charge on any atom is 0.262 e. The highest BCUT2D eigenvalue weighted by molar-refractivity contribution is 7.71. The number of aromatic amines is 1. The van der Waals surface area contributed by atoms with Crippen LogP contribution in [0.4, 0.5) is 0 Å². The average Bonchev–Trinajstić information content (AvgIpc) is 2.90. The van der Waals surface area contributed by atoms with Crippen molar-refractivity contribution in [3.63, 3.8) is 0 Å². The molecule has 1 saturated heterocycles. The standard InChI is InChI=1S/C15H18ClN3OS/c1-2-18-7-3-4-11(18)9-19-14(20)12-6-5-10(16)8-13(12)17-15(19)21/h5-6,8,11H,2-4,7,9H2,1H3,(H,17,21)/t11-/m0/s1. The van der Waals surface area contributed by atoms with Gasteiger partial charge in [-0.15, -0.1) is 0 Å². The van der Waals surface area contributed by atoms with Gasteiger partial charge >= 0.3 is 0 Å². The SMILES string of the molecule is CCN1CCC[C@H]1Cn1c(=S)[nH]c2cc(Cl)ccc2c1=O. The van der Waals surface area contributed by atoms with Gasteiger partial charge in [0, 0.05) is 17.6 Å². The fourth-order valence-electron chi connectivity index (χ4n) is 3.12. The minimum atomic E-state index is -0.0339. The van der Waals surface area contributed by atoms with Crippen molar-refractivity contribution in [3.8, 4) is 0 Å². The van der Waals surface area contributed by atoms with E-state index in [0.717, 1.165) is 19.5 Å². The van der Waals surface area contributed by atoms with Crippen molar-refractivity contribution < 1.29 is 0 Å². The summed E-state index contributed by atoms with van der Waals surface area (Å²) in [6.07, 6.45) is 2.31. The van der Waals surface area contributed by atoms with Crippen molar-refractivity contribution in [2.45, 2.75) is 32.4 Å². The smallest absolute Gasteiger partial charge is 0.262 e. The Hall–Kier alpha value is -1.17. The van der Waals surface area contributed by atoms with Crippen LogP contribution in [-0.4, -0.2) is 33.6 Å². The molecule has 2 heterocycles. The maximum atomic E-state index is 12.7. The molecule has 0 saturated carbocycles. The summed E-state index contributed by atoms with van der Waals surface area (Å²) >= 11 is 11.3. The largest absolute Gasteiger partial charge is 0.332 e. The van der Waals surface area contributed by atoms with Gasteiger partial charge in [0.25, 0.3) is 5.56 Å². The molecule has 0 radical (unpaired) electrons. The first-order valence-electron chi connectivity index (χ1n) is 7.26. The number of hydrogen-bond donors (Lipinski definition) is 1. The van der Waals surface area contributed by atoms with E-state index >= 15 is 0 Å². The molecule has 0 unspecified atom stereocenters. The van der Waals surface area contributed by atoms with E-state index < -0.39 is 0 Å². The Balaban J connectivity index is 2.05. The Labute approximate surface area is 133 Å². The first kappa shape index (κ1) is 14.8. The number of benzene rings is 1. The normalized spacial score (nSPS) is 19.4. The zero-order chi connectivity index (χ0) is 15.0. The van der Waals surface area contributed by atoms with Crippen LogP contribution in [0, 0.1) is 4.77 Å². The summed E-state index contributed by atoms with van der Waals surface area (Å²) in [5.41, 5.74) is 0.667. The molecule has 0 aliphatic carbocycles. The molecule has 0 bridgehead atoms. The van der Waals surface area contributed by atoms with Gasteiger partial charge in [0.2, 0.25) is 0 Å². The van der Waals surface area contributed by atoms with Crippen LogP contribution >= 0.6 is 23.8 Å². The summed E-state index contributed by atoms with van der Waals surface area (Å²) in [6.45, 7) is 4.93. The van der Waals surface area contributed by atoms with E-state index in [1.54, 1.807) is 22.8 Å². The summed E-state index contributed by atoms with van der Waals surface area (Å²) in [7, 11) is 0. The number of aromatic nitrogens is 2. The molecule has 1 aromatic heterocycles. The van der Waals surface area contributed by atoms with Gasteiger partial charge in [-0.25, -0.2) is 0 Å². The number of nitrogens with one attached hydrogen (secondary N) is 1. The second-order valence-corrected chi connectivity index (χ2v) is 6.28. The van der Waals surface area contributed by atoms with E-state index in [2.05, 4.69) is 16.8 Å². The van der Waals surface area contributed by atoms with Crippen molar-refractivity contribution in [3.05, 3.63) is 38.3 Å². The zero-order valence-electron chi connectivity index (χ0n) is 11.9. The highest BCUT2D eigenvalue weighted by atomic mass is 35.5. The molecule has 112 valence electrons. The highest BCUT2D eigenvalue weighted by Crippen LogP contribution is 2.19. The van der Waals surface area contributed by atoms with Crippen LogP contribution in [0.1, 0.15) is 19.8 Å². The molecule has 3 rings (SSSR count). The third kappa shape index (κ3) is 2.78. The summed E-state index contributed by atoms with van der Waals surface area (Å²) < 4.78 is 2.15. The average molecular weight is 324 g/mol. The molecule has 6 heteroatoms. The molecule has 1 atom stereocenters. The minimum Gasteiger partial charge on any atom is -0.332 e. The van der Waals surface area contributed by atoms with Gasteiger partial charge < -0.3 is 4.98 Å². The Kier molecular flexibility index (Phi) is 4.15. The number of likely N-dealkylation sites (N-methyl/N-ethyl adjacent to an activating group) is 1. The Bertz CT molecular complexity index is 783. The molecular formula is C15H18ClN3OS. The van der Waals surface area contributed by atoms with Gasteiger partial charge in [0.05, 0.1) is 10.9 Å². The van der Waals surface area contributed by atoms with Crippen molar-refractivity contribution in [1.82, 2.24) is 14.5 Å². The van der Waals surface area contributed by atoms with Gasteiger partial charge in [-0.1, -0.05) is 18.5 Å². The number of H-pyrrole nitrogens is 1. The molecule has 21 heavy (non-hydrogen) atoms. The van der Waals surface area contributed by atoms with Crippen molar-refractivity contribution in [1.29, 1.82) is 0 Å². The van der Waals surface area contributed by atoms with Crippen LogP contribution in [0.3, 0.4) is 0 Å². The lowest BCUT2D eigenvalue weighted by molar-refractivity contribution is 0.241. The fourth-order valence-corrected chi connectivity index (χ4v) is 3.56. The van der Waals surface area contributed by atoms with Crippen molar-refractivity contribution in [2.24, 2.45) is 0 Å². The molecular weight excluding hydrogens is 306 g/mol. The van der Waals surface area contributed by atoms with Crippen molar-refractivity contribution >= 4 is 34.7 Å². The van der Waals surface area contributed by atoms with Crippen LogP contribution in [0.15, 0.2) is 23.0 Å². The summed E-state index contributed by atoms with van der Waals surface area (Å²) in [4.78, 5) is 18.2. The third-order valence-electron chi connectivity index (χ3n) is 4.24. The van der Waals surface area contributed by atoms with Gasteiger partial charge in [0.15, 0.2) is 4.77 Å². The molecule has 0 amide bonds. The van der Waals surface area contributed by atoms with Crippen LogP contribution in [0.2, 0.25) is 5.02 Å². The molecule has 1 aliphatic heterocycles. The van der Waals surface area contributed by atoms with E-state index in [-0.39, 0.29) is 5.56 Å². The topological polar surface area (TPSA) is 41.0 Å². The van der Waals surface area contributed by atoms with Crippen LogP contribution in [0.5, 0.6) is 0 Å². The van der Waals surface area contributed by atoms with Crippen molar-refractivity contribution in [2.75, 3.05) is 13.1 Å². The van der Waals surface area contributed by atoms with Gasteiger partial charge in [-0.05, 0) is 56.3 Å². The predicted octanol–water partition coefficient (Wildman–Crippen LogP) is 3.20. The van der Waals surface area contributed by atoms with Crippen LogP contribution < -0.4 is 5.56 Å². The number of hydrogen-bond acceptors (Lipinski definition) is 3. The predicted molar refractivity (Wildman–Crippen MR) is 88.7 cm³/mol. The fraction of sp³-hybridized carbons (Fsp3) is 0.467. The van der Waals surface area contributed by atoms with Crippen LogP contribution in [-0.2, 0) is 6.54 Å². The quantitative estimate of drug-likeness (QED) is 0.882. The van der Waals surface area contributed by atoms with E-state index in [1.165, 1.54) is 6.42 Å². The van der Waals surface area contributed by atoms with Gasteiger partial charge in [0.1, 0.15) is 0 Å². The Morgan fingerprint density at radius 2 is 2.29 bits per heavy atom.